The first kappa shape index (κ1) is 14.9. The molecule has 0 saturated carbocycles. The molecule has 0 radical (unpaired) electrons. The minimum Gasteiger partial charge on any atom is -0.376 e. The van der Waals surface area contributed by atoms with Crippen LogP contribution >= 0.6 is 0 Å². The van der Waals surface area contributed by atoms with Crippen LogP contribution in [0.3, 0.4) is 0 Å². The number of nitrogens with one attached hydrogen (secondary N) is 1. The van der Waals surface area contributed by atoms with E-state index >= 15 is 0 Å². The van der Waals surface area contributed by atoms with Crippen LogP contribution in [0.2, 0.25) is 0 Å². The second-order valence-electron chi connectivity index (χ2n) is 7.08. The Morgan fingerprint density at radius 3 is 2.71 bits per heavy atom. The molecule has 5 heteroatoms. The van der Waals surface area contributed by atoms with E-state index in [0.717, 1.165) is 33.5 Å². The number of halogens is 1. The van der Waals surface area contributed by atoms with E-state index in [0.29, 0.717) is 6.42 Å². The number of anilines is 1. The van der Waals surface area contributed by atoms with Crippen LogP contribution in [-0.4, -0.2) is 10.5 Å². The monoisotopic (exact) mass is 324 g/mol. The summed E-state index contributed by atoms with van der Waals surface area (Å²) in [7, 11) is 0. The van der Waals surface area contributed by atoms with Gasteiger partial charge >= 0.3 is 5.69 Å². The number of hydrogen-bond acceptors (Lipinski definition) is 3. The Kier molecular flexibility index (Phi) is 2.89. The van der Waals surface area contributed by atoms with Crippen molar-refractivity contribution in [3.05, 3.63) is 63.0 Å². The zero-order valence-electron chi connectivity index (χ0n) is 13.7. The molecule has 0 unspecified atom stereocenters. The highest BCUT2D eigenvalue weighted by atomic mass is 19.1. The van der Waals surface area contributed by atoms with Crippen molar-refractivity contribution in [3.63, 3.8) is 0 Å². The predicted octanol–water partition coefficient (Wildman–Crippen LogP) is 4.91. The first-order chi connectivity index (χ1) is 11.3. The van der Waals surface area contributed by atoms with E-state index in [4.69, 9.17) is 0 Å². The quantitative estimate of drug-likeness (QED) is 0.511. The van der Waals surface area contributed by atoms with Gasteiger partial charge in [0.05, 0.1) is 10.5 Å². The zero-order chi connectivity index (χ0) is 17.2. The molecule has 1 N–H and O–H groups in total. The number of nitro groups is 1. The Hall–Kier alpha value is -2.69. The number of nitrogens with zero attached hydrogens (tertiary/aromatic N) is 1. The van der Waals surface area contributed by atoms with Crippen molar-refractivity contribution < 1.29 is 9.31 Å². The van der Waals surface area contributed by atoms with Crippen LogP contribution in [0.4, 0.5) is 15.8 Å². The van der Waals surface area contributed by atoms with Crippen LogP contribution in [0.1, 0.15) is 37.5 Å². The third kappa shape index (κ3) is 2.04. The molecule has 4 nitrogen and oxygen atoms in total. The van der Waals surface area contributed by atoms with Gasteiger partial charge in [0.25, 0.3) is 0 Å². The van der Waals surface area contributed by atoms with Crippen molar-refractivity contribution in [3.8, 4) is 11.1 Å². The topological polar surface area (TPSA) is 55.2 Å². The molecule has 4 rings (SSSR count). The largest absolute Gasteiger partial charge is 0.376 e. The summed E-state index contributed by atoms with van der Waals surface area (Å²) in [6, 6.07) is 6.66. The second kappa shape index (κ2) is 4.66. The molecule has 0 atom stereocenters. The van der Waals surface area contributed by atoms with Crippen molar-refractivity contribution in [1.29, 1.82) is 0 Å². The molecule has 1 heterocycles. The third-order valence-corrected chi connectivity index (χ3v) is 4.77. The molecule has 2 aromatic rings. The van der Waals surface area contributed by atoms with Crippen molar-refractivity contribution in [1.82, 2.24) is 0 Å². The van der Waals surface area contributed by atoms with Crippen molar-refractivity contribution in [2.45, 2.75) is 32.7 Å². The van der Waals surface area contributed by atoms with E-state index < -0.39 is 16.4 Å². The van der Waals surface area contributed by atoms with Gasteiger partial charge in [0.1, 0.15) is 0 Å². The molecule has 0 amide bonds. The number of rotatable bonds is 1. The average Bonchev–Trinajstić information content (AvgIpc) is 2.81. The maximum absolute atomic E-state index is 14.0. The molecule has 0 saturated heterocycles. The minimum absolute atomic E-state index is 0.123. The Balaban J connectivity index is 1.92. The molecule has 2 aliphatic rings. The lowest BCUT2D eigenvalue weighted by atomic mass is 9.87. The molecular weight excluding hydrogens is 307 g/mol. The summed E-state index contributed by atoms with van der Waals surface area (Å²) in [5, 5.41) is 14.5. The smallest absolute Gasteiger partial charge is 0.305 e. The second-order valence-corrected chi connectivity index (χ2v) is 7.08. The third-order valence-electron chi connectivity index (χ3n) is 4.77. The van der Waals surface area contributed by atoms with E-state index in [2.05, 4.69) is 32.2 Å². The lowest BCUT2D eigenvalue weighted by molar-refractivity contribution is -0.387. The van der Waals surface area contributed by atoms with E-state index in [-0.39, 0.29) is 5.54 Å². The highest BCUT2D eigenvalue weighted by Crippen LogP contribution is 2.46. The van der Waals surface area contributed by atoms with E-state index in [9.17, 15) is 14.5 Å². The summed E-state index contributed by atoms with van der Waals surface area (Å²) in [6.07, 6.45) is 2.77. The molecule has 0 bridgehead atoms. The highest BCUT2D eigenvalue weighted by Gasteiger charge is 2.31. The van der Waals surface area contributed by atoms with E-state index in [1.807, 2.05) is 12.1 Å². The fourth-order valence-electron chi connectivity index (χ4n) is 3.97. The number of hydrogen-bond donors (Lipinski definition) is 1. The summed E-state index contributed by atoms with van der Waals surface area (Å²) in [6.45, 7) is 6.30. The maximum atomic E-state index is 14.0. The molecule has 0 aromatic heterocycles. The van der Waals surface area contributed by atoms with Gasteiger partial charge in [0.2, 0.25) is 5.82 Å². The average molecular weight is 324 g/mol. The maximum Gasteiger partial charge on any atom is 0.305 e. The minimum atomic E-state index is -0.782. The van der Waals surface area contributed by atoms with Crippen molar-refractivity contribution >= 4 is 16.9 Å². The van der Waals surface area contributed by atoms with Crippen molar-refractivity contribution in [2.24, 2.45) is 0 Å². The molecule has 1 aliphatic heterocycles. The first-order valence-electron chi connectivity index (χ1n) is 7.88. The molecule has 0 spiro atoms. The fourth-order valence-corrected chi connectivity index (χ4v) is 3.97. The molecular formula is C19H17FN2O2. The number of nitro benzene ring substituents is 1. The summed E-state index contributed by atoms with van der Waals surface area (Å²) < 4.78 is 14.0. The Morgan fingerprint density at radius 2 is 2.00 bits per heavy atom. The number of benzene rings is 2. The molecule has 122 valence electrons. The molecule has 1 aliphatic carbocycles. The van der Waals surface area contributed by atoms with Gasteiger partial charge in [-0.1, -0.05) is 12.1 Å². The van der Waals surface area contributed by atoms with Gasteiger partial charge in [-0.05, 0) is 67.2 Å². The first-order valence-corrected chi connectivity index (χ1v) is 7.88. The van der Waals surface area contributed by atoms with Gasteiger partial charge in [-0.3, -0.25) is 10.1 Å². The van der Waals surface area contributed by atoms with E-state index in [1.54, 1.807) is 0 Å². The standard InChI is InChI=1S/C19H17FN2O2/c1-10-9-19(2,3)21-16-5-4-12-13-8-15(20)17(22(23)24)7-11(13)6-14(12)18(10)16/h4-5,7-9,21H,6H2,1-3H3. The van der Waals surface area contributed by atoms with Gasteiger partial charge in [-0.25, -0.2) is 0 Å². The van der Waals surface area contributed by atoms with Crippen LogP contribution in [0, 0.1) is 15.9 Å². The van der Waals surface area contributed by atoms with Gasteiger partial charge < -0.3 is 5.32 Å². The summed E-state index contributed by atoms with van der Waals surface area (Å²) >= 11 is 0. The van der Waals surface area contributed by atoms with Crippen LogP contribution in [0.25, 0.3) is 16.7 Å². The molecule has 2 aromatic carbocycles. The van der Waals surface area contributed by atoms with Crippen LogP contribution in [-0.2, 0) is 6.42 Å². The van der Waals surface area contributed by atoms with Gasteiger partial charge in [0, 0.05) is 17.3 Å². The SMILES string of the molecule is CC1=CC(C)(C)Nc2ccc3c(c21)Cc1cc([N+](=O)[O-])c(F)cc1-3. The Bertz CT molecular complexity index is 945. The number of fused-ring (bicyclic) bond motifs is 5. The summed E-state index contributed by atoms with van der Waals surface area (Å²) in [4.78, 5) is 10.3. The van der Waals surface area contributed by atoms with Crippen molar-refractivity contribution in [2.75, 3.05) is 5.32 Å². The highest BCUT2D eigenvalue weighted by molar-refractivity contribution is 5.90. The molecule has 0 fully saturated rings. The molecule has 24 heavy (non-hydrogen) atoms. The van der Waals surface area contributed by atoms with Crippen LogP contribution in [0.15, 0.2) is 30.3 Å². The lowest BCUT2D eigenvalue weighted by Crippen LogP contribution is -2.31. The number of allylic oxidation sites excluding steroid dienone is 1. The van der Waals surface area contributed by atoms with E-state index in [1.165, 1.54) is 17.7 Å². The summed E-state index contributed by atoms with van der Waals surface area (Å²) in [5.74, 6) is -0.782. The zero-order valence-corrected chi connectivity index (χ0v) is 13.7. The fraction of sp³-hybridized carbons (Fsp3) is 0.263. The van der Waals surface area contributed by atoms with Crippen LogP contribution in [0.5, 0.6) is 0 Å². The normalized spacial score (nSPS) is 16.6. The Labute approximate surface area is 139 Å². The van der Waals surface area contributed by atoms with Gasteiger partial charge in [-0.2, -0.15) is 4.39 Å². The Morgan fingerprint density at radius 1 is 1.25 bits per heavy atom. The lowest BCUT2D eigenvalue weighted by Gasteiger charge is -2.32. The summed E-state index contributed by atoms with van der Waals surface area (Å²) in [5.41, 5.74) is 6.42. The van der Waals surface area contributed by atoms with Crippen LogP contribution < -0.4 is 5.32 Å². The van der Waals surface area contributed by atoms with Gasteiger partial charge in [0.15, 0.2) is 0 Å². The van der Waals surface area contributed by atoms with Gasteiger partial charge in [-0.15, -0.1) is 0 Å². The predicted molar refractivity (Wildman–Crippen MR) is 92.6 cm³/mol.